The van der Waals surface area contributed by atoms with Crippen LogP contribution in [0.2, 0.25) is 0 Å². The molecule has 0 fully saturated rings. The first-order valence-corrected chi connectivity index (χ1v) is 11.3. The van der Waals surface area contributed by atoms with Gasteiger partial charge >= 0.3 is 5.97 Å². The third kappa shape index (κ3) is 2.97. The van der Waals surface area contributed by atoms with Gasteiger partial charge in [0.25, 0.3) is 5.56 Å². The van der Waals surface area contributed by atoms with Crippen molar-refractivity contribution >= 4 is 16.9 Å². The molecule has 2 aromatic heterocycles. The van der Waals surface area contributed by atoms with Gasteiger partial charge in [-0.3, -0.25) is 4.79 Å². The lowest BCUT2D eigenvalue weighted by atomic mass is 9.92. The number of carbonyl (C=O) groups excluding carboxylic acids is 1. The molecule has 4 heterocycles. The first-order valence-electron chi connectivity index (χ1n) is 11.3. The van der Waals surface area contributed by atoms with E-state index in [0.717, 1.165) is 22.9 Å². The predicted octanol–water partition coefficient (Wildman–Crippen LogP) is 3.36. The number of hydrogen-bond acceptors (Lipinski definition) is 6. The van der Waals surface area contributed by atoms with Gasteiger partial charge < -0.3 is 19.5 Å². The Morgan fingerprint density at radius 1 is 1.15 bits per heavy atom. The molecule has 0 amide bonds. The summed E-state index contributed by atoms with van der Waals surface area (Å²) >= 11 is 0. The number of rotatable bonds is 0. The van der Waals surface area contributed by atoms with Crippen molar-refractivity contribution in [2.24, 2.45) is 0 Å². The van der Waals surface area contributed by atoms with Crippen molar-refractivity contribution in [1.82, 2.24) is 9.55 Å². The monoisotopic (exact) mass is 452 g/mol. The van der Waals surface area contributed by atoms with Gasteiger partial charge in [-0.25, -0.2) is 14.2 Å². The first kappa shape index (κ1) is 21.7. The molecule has 2 aliphatic heterocycles. The molecule has 2 N–H and O–H groups in total. The molecule has 3 aromatic rings. The molecule has 0 saturated heterocycles. The number of esters is 1. The maximum atomic E-state index is 14.7. The number of carbonyl (C=O) groups is 1. The second-order valence-electron chi connectivity index (χ2n) is 8.48. The molecule has 0 radical (unpaired) electrons. The van der Waals surface area contributed by atoms with Crippen molar-refractivity contribution in [3.8, 4) is 11.4 Å². The summed E-state index contributed by atoms with van der Waals surface area (Å²) in [7, 11) is 0. The number of cyclic esters (lactones) is 1. The Labute approximate surface area is 189 Å². The summed E-state index contributed by atoms with van der Waals surface area (Å²) in [6.45, 7) is 5.76. The van der Waals surface area contributed by atoms with Gasteiger partial charge in [0.2, 0.25) is 0 Å². The number of hydrogen-bond donors (Lipinski definition) is 2. The minimum absolute atomic E-state index is 0.194. The molecular weight excluding hydrogens is 427 g/mol. The summed E-state index contributed by atoms with van der Waals surface area (Å²) in [4.78, 5) is 29.7. The number of aliphatic hydroxyl groups is 2. The fourth-order valence-corrected chi connectivity index (χ4v) is 5.27. The van der Waals surface area contributed by atoms with E-state index in [4.69, 9.17) is 9.72 Å². The molecule has 33 heavy (non-hydrogen) atoms. The number of fused-ring (bicyclic) bond motifs is 5. The molecule has 3 aliphatic rings. The Morgan fingerprint density at radius 2 is 1.91 bits per heavy atom. The van der Waals surface area contributed by atoms with Crippen LogP contribution < -0.4 is 5.56 Å². The normalized spacial score (nSPS) is 20.2. The van der Waals surface area contributed by atoms with E-state index in [9.17, 15) is 24.2 Å². The van der Waals surface area contributed by atoms with Gasteiger partial charge in [-0.05, 0) is 48.9 Å². The highest BCUT2D eigenvalue weighted by molar-refractivity contribution is 5.92. The van der Waals surface area contributed by atoms with E-state index in [2.05, 4.69) is 0 Å². The molecule has 1 aromatic carbocycles. The molecular formula is C25H25FN2O5. The maximum absolute atomic E-state index is 14.7. The van der Waals surface area contributed by atoms with Crippen LogP contribution >= 0.6 is 0 Å². The summed E-state index contributed by atoms with van der Waals surface area (Å²) in [5, 5.41) is 22.0. The Bertz CT molecular complexity index is 1390. The lowest BCUT2D eigenvalue weighted by molar-refractivity contribution is -0.157. The minimum Gasteiger partial charge on any atom is -0.458 e. The molecule has 7 nitrogen and oxygen atoms in total. The number of ether oxygens (including phenoxy) is 1. The van der Waals surface area contributed by atoms with Gasteiger partial charge in [-0.1, -0.05) is 13.8 Å². The second kappa shape index (κ2) is 7.74. The zero-order valence-electron chi connectivity index (χ0n) is 18.7. The van der Waals surface area contributed by atoms with Crippen LogP contribution in [0.4, 0.5) is 4.39 Å². The second-order valence-corrected chi connectivity index (χ2v) is 8.48. The van der Waals surface area contributed by atoms with Crippen LogP contribution in [0.3, 0.4) is 0 Å². The fourth-order valence-electron chi connectivity index (χ4n) is 5.27. The number of aliphatic hydroxyl groups excluding tert-OH is 2. The van der Waals surface area contributed by atoms with Crippen LogP contribution in [0.25, 0.3) is 22.3 Å². The van der Waals surface area contributed by atoms with Crippen molar-refractivity contribution in [3.05, 3.63) is 61.7 Å². The average molecular weight is 452 g/mol. The van der Waals surface area contributed by atoms with Crippen molar-refractivity contribution < 1.29 is 24.1 Å². The Balaban J connectivity index is 0.00000111. The SMILES string of the molecule is CC.Cc1c(F)cc2nc3c(c4c2c1CCCC4O)Cn1c-3cc2c(c1=O)COC(=O)C2O. The smallest absolute Gasteiger partial charge is 0.340 e. The molecule has 2 atom stereocenters. The van der Waals surface area contributed by atoms with Crippen LogP contribution in [0, 0.1) is 12.7 Å². The number of nitrogens with zero attached hydrogens (tertiary/aromatic N) is 2. The van der Waals surface area contributed by atoms with Crippen LogP contribution in [0.15, 0.2) is 16.9 Å². The lowest BCUT2D eigenvalue weighted by Gasteiger charge is -2.21. The van der Waals surface area contributed by atoms with Crippen LogP contribution in [-0.2, 0) is 29.1 Å². The van der Waals surface area contributed by atoms with Crippen molar-refractivity contribution in [1.29, 1.82) is 0 Å². The highest BCUT2D eigenvalue weighted by Gasteiger charge is 2.36. The van der Waals surface area contributed by atoms with E-state index in [1.54, 1.807) is 13.0 Å². The highest BCUT2D eigenvalue weighted by atomic mass is 19.1. The number of aromatic nitrogens is 2. The van der Waals surface area contributed by atoms with E-state index < -0.39 is 18.2 Å². The summed E-state index contributed by atoms with van der Waals surface area (Å²) in [5.41, 5.74) is 4.30. The molecule has 172 valence electrons. The largest absolute Gasteiger partial charge is 0.458 e. The summed E-state index contributed by atoms with van der Waals surface area (Å²) in [6.07, 6.45) is -0.385. The van der Waals surface area contributed by atoms with Gasteiger partial charge in [0.05, 0.1) is 35.1 Å². The van der Waals surface area contributed by atoms with Gasteiger partial charge in [0, 0.05) is 22.6 Å². The van der Waals surface area contributed by atoms with E-state index in [1.807, 2.05) is 13.8 Å². The molecule has 0 saturated carbocycles. The predicted molar refractivity (Wildman–Crippen MR) is 119 cm³/mol. The van der Waals surface area contributed by atoms with Crippen molar-refractivity contribution in [3.63, 3.8) is 0 Å². The summed E-state index contributed by atoms with van der Waals surface area (Å²) in [5.74, 6) is -1.15. The van der Waals surface area contributed by atoms with Gasteiger partial charge in [0.15, 0.2) is 6.10 Å². The van der Waals surface area contributed by atoms with Gasteiger partial charge in [-0.15, -0.1) is 0 Å². The first-order chi connectivity index (χ1) is 15.9. The summed E-state index contributed by atoms with van der Waals surface area (Å²) in [6, 6.07) is 2.97. The molecule has 0 bridgehead atoms. The third-order valence-corrected chi connectivity index (χ3v) is 6.85. The molecule has 6 rings (SSSR count). The van der Waals surface area contributed by atoms with Crippen molar-refractivity contribution in [2.75, 3.05) is 0 Å². The van der Waals surface area contributed by atoms with E-state index >= 15 is 0 Å². The van der Waals surface area contributed by atoms with E-state index in [-0.39, 0.29) is 35.7 Å². The van der Waals surface area contributed by atoms with E-state index in [1.165, 1.54) is 10.6 Å². The Hall–Kier alpha value is -3.10. The van der Waals surface area contributed by atoms with Crippen LogP contribution in [0.5, 0.6) is 0 Å². The zero-order chi connectivity index (χ0) is 23.6. The highest BCUT2D eigenvalue weighted by Crippen LogP contribution is 2.44. The average Bonchev–Trinajstić information content (AvgIpc) is 3.07. The molecule has 2 unspecified atom stereocenters. The van der Waals surface area contributed by atoms with Crippen LogP contribution in [0.1, 0.15) is 72.3 Å². The quantitative estimate of drug-likeness (QED) is 0.397. The zero-order valence-corrected chi connectivity index (χ0v) is 18.7. The number of pyridine rings is 2. The molecule has 0 spiro atoms. The third-order valence-electron chi connectivity index (χ3n) is 6.85. The maximum Gasteiger partial charge on any atom is 0.340 e. The van der Waals surface area contributed by atoms with Crippen LogP contribution in [-0.4, -0.2) is 25.7 Å². The topological polar surface area (TPSA) is 102 Å². The minimum atomic E-state index is -1.54. The fraction of sp³-hybridized carbons (Fsp3) is 0.400. The molecule has 1 aliphatic carbocycles. The Kier molecular flexibility index (Phi) is 5.10. The Morgan fingerprint density at radius 3 is 2.67 bits per heavy atom. The standard InChI is InChI=1S/C23H19FN2O5.C2H6/c1-9-10-3-2-4-17(27)19-12-7-26-16(20(12)25-15(18(10)19)6-14(9)24)5-11-13(22(26)29)8-31-23(30)21(11)28;1-2/h5-6,17,21,27-28H,2-4,7-8H2,1H3;1-2H3. The number of halogens is 1. The van der Waals surface area contributed by atoms with E-state index in [0.29, 0.717) is 40.9 Å². The van der Waals surface area contributed by atoms with Gasteiger partial charge in [-0.2, -0.15) is 0 Å². The van der Waals surface area contributed by atoms with Gasteiger partial charge in [0.1, 0.15) is 12.4 Å². The molecule has 8 heteroatoms. The summed E-state index contributed by atoms with van der Waals surface area (Å²) < 4.78 is 21.1. The number of aryl methyl sites for hydroxylation is 1. The lowest BCUT2D eigenvalue weighted by Crippen LogP contribution is -2.32. The van der Waals surface area contributed by atoms with Crippen molar-refractivity contribution in [2.45, 2.75) is 65.4 Å². The number of benzene rings is 1.